The number of nitrogens with zero attached hydrogens (tertiary/aromatic N) is 1. The van der Waals surface area contributed by atoms with Crippen molar-refractivity contribution in [1.82, 2.24) is 5.32 Å². The van der Waals surface area contributed by atoms with Crippen molar-refractivity contribution in [2.24, 2.45) is 5.92 Å². The lowest BCUT2D eigenvalue weighted by molar-refractivity contribution is -0.385. The van der Waals surface area contributed by atoms with Gasteiger partial charge in [0.15, 0.2) is 0 Å². The number of piperidine rings is 1. The maximum Gasteiger partial charge on any atom is 0.274 e. The first-order valence-corrected chi connectivity index (χ1v) is 6.78. The van der Waals surface area contributed by atoms with E-state index in [0.29, 0.717) is 11.5 Å². The normalized spacial score (nSPS) is 19.2. The maximum atomic E-state index is 11.0. The van der Waals surface area contributed by atoms with Gasteiger partial charge in [-0.15, -0.1) is 0 Å². The lowest BCUT2D eigenvalue weighted by atomic mass is 9.99. The van der Waals surface area contributed by atoms with Crippen molar-refractivity contribution in [3.8, 4) is 0 Å². The van der Waals surface area contributed by atoms with Crippen LogP contribution in [0, 0.1) is 29.9 Å². The number of nitro groups is 1. The fourth-order valence-electron chi connectivity index (χ4n) is 2.58. The molecule has 0 bridgehead atoms. The number of aryl methyl sites for hydroxylation is 2. The summed E-state index contributed by atoms with van der Waals surface area (Å²) in [6.07, 6.45) is 2.42. The third kappa shape index (κ3) is 3.44. The first-order valence-electron chi connectivity index (χ1n) is 6.78. The third-order valence-corrected chi connectivity index (χ3v) is 3.72. The number of anilines is 1. The van der Waals surface area contributed by atoms with Crippen molar-refractivity contribution in [1.29, 1.82) is 0 Å². The number of hydrogen-bond donors (Lipinski definition) is 2. The molecule has 1 saturated heterocycles. The van der Waals surface area contributed by atoms with Crippen molar-refractivity contribution in [2.45, 2.75) is 26.7 Å². The topological polar surface area (TPSA) is 67.2 Å². The van der Waals surface area contributed by atoms with E-state index in [4.69, 9.17) is 0 Å². The molecule has 1 aliphatic rings. The van der Waals surface area contributed by atoms with Gasteiger partial charge in [0.2, 0.25) is 0 Å². The molecule has 1 aromatic carbocycles. The van der Waals surface area contributed by atoms with Crippen LogP contribution >= 0.6 is 0 Å². The Morgan fingerprint density at radius 1 is 1.42 bits per heavy atom. The highest BCUT2D eigenvalue weighted by Crippen LogP contribution is 2.26. The maximum absolute atomic E-state index is 11.0. The fourth-order valence-corrected chi connectivity index (χ4v) is 2.58. The molecular weight excluding hydrogens is 242 g/mol. The van der Waals surface area contributed by atoms with E-state index in [9.17, 15) is 10.1 Å². The van der Waals surface area contributed by atoms with Gasteiger partial charge in [0.25, 0.3) is 5.69 Å². The van der Waals surface area contributed by atoms with Gasteiger partial charge in [0.05, 0.1) is 4.92 Å². The molecule has 19 heavy (non-hydrogen) atoms. The summed E-state index contributed by atoms with van der Waals surface area (Å²) in [7, 11) is 0. The Bertz CT molecular complexity index is 468. The van der Waals surface area contributed by atoms with Crippen LogP contribution in [-0.4, -0.2) is 24.6 Å². The molecule has 0 amide bonds. The van der Waals surface area contributed by atoms with E-state index in [2.05, 4.69) is 10.6 Å². The molecule has 1 atom stereocenters. The van der Waals surface area contributed by atoms with Gasteiger partial charge in [0, 0.05) is 23.9 Å². The zero-order valence-electron chi connectivity index (χ0n) is 11.5. The molecule has 0 aromatic heterocycles. The van der Waals surface area contributed by atoms with Crippen LogP contribution in [0.2, 0.25) is 0 Å². The highest BCUT2D eigenvalue weighted by Gasteiger charge is 2.16. The lowest BCUT2D eigenvalue weighted by Gasteiger charge is -2.23. The predicted molar refractivity (Wildman–Crippen MR) is 76.7 cm³/mol. The summed E-state index contributed by atoms with van der Waals surface area (Å²) in [5.41, 5.74) is 2.84. The van der Waals surface area contributed by atoms with Gasteiger partial charge in [-0.05, 0) is 57.3 Å². The Labute approximate surface area is 113 Å². The number of rotatable bonds is 4. The van der Waals surface area contributed by atoms with Crippen LogP contribution in [-0.2, 0) is 0 Å². The summed E-state index contributed by atoms with van der Waals surface area (Å²) in [5.74, 6) is 0.605. The summed E-state index contributed by atoms with van der Waals surface area (Å²) >= 11 is 0. The van der Waals surface area contributed by atoms with Crippen molar-refractivity contribution >= 4 is 11.4 Å². The van der Waals surface area contributed by atoms with Gasteiger partial charge in [0.1, 0.15) is 0 Å². The Kier molecular flexibility index (Phi) is 4.37. The van der Waals surface area contributed by atoms with Gasteiger partial charge in [-0.1, -0.05) is 0 Å². The quantitative estimate of drug-likeness (QED) is 0.647. The molecule has 1 heterocycles. The van der Waals surface area contributed by atoms with Crippen LogP contribution in [0.4, 0.5) is 11.4 Å². The van der Waals surface area contributed by atoms with E-state index in [-0.39, 0.29) is 10.6 Å². The Balaban J connectivity index is 2.06. The number of nitrogens with one attached hydrogen (secondary N) is 2. The number of hydrogen-bond acceptors (Lipinski definition) is 4. The van der Waals surface area contributed by atoms with E-state index in [1.807, 2.05) is 13.0 Å². The Morgan fingerprint density at radius 2 is 2.21 bits per heavy atom. The van der Waals surface area contributed by atoms with Crippen LogP contribution in [0.3, 0.4) is 0 Å². The minimum atomic E-state index is -0.317. The third-order valence-electron chi connectivity index (χ3n) is 3.72. The lowest BCUT2D eigenvalue weighted by Crippen LogP contribution is -2.33. The van der Waals surface area contributed by atoms with E-state index in [1.165, 1.54) is 12.8 Å². The molecule has 1 aliphatic heterocycles. The van der Waals surface area contributed by atoms with Crippen LogP contribution in [0.25, 0.3) is 0 Å². The summed E-state index contributed by atoms with van der Waals surface area (Å²) in [6.45, 7) is 6.76. The molecule has 104 valence electrons. The number of benzene rings is 1. The zero-order valence-corrected chi connectivity index (χ0v) is 11.5. The average Bonchev–Trinajstić information content (AvgIpc) is 2.38. The van der Waals surface area contributed by atoms with Crippen molar-refractivity contribution in [3.05, 3.63) is 33.4 Å². The minimum absolute atomic E-state index is 0.190. The molecule has 0 spiro atoms. The molecule has 0 saturated carbocycles. The molecule has 0 aliphatic carbocycles. The molecular formula is C14H21N3O2. The van der Waals surface area contributed by atoms with Crippen molar-refractivity contribution in [2.75, 3.05) is 25.0 Å². The van der Waals surface area contributed by atoms with Crippen LogP contribution in [0.1, 0.15) is 24.0 Å². The molecule has 0 radical (unpaired) electrons. The van der Waals surface area contributed by atoms with E-state index < -0.39 is 0 Å². The molecule has 1 fully saturated rings. The smallest absolute Gasteiger partial charge is 0.274 e. The van der Waals surface area contributed by atoms with E-state index in [0.717, 1.165) is 30.9 Å². The second kappa shape index (κ2) is 6.02. The number of nitro benzene ring substituents is 1. The van der Waals surface area contributed by atoms with Crippen LogP contribution in [0.5, 0.6) is 0 Å². The van der Waals surface area contributed by atoms with Gasteiger partial charge >= 0.3 is 0 Å². The summed E-state index contributed by atoms with van der Waals surface area (Å²) in [4.78, 5) is 10.6. The monoisotopic (exact) mass is 263 g/mol. The molecule has 5 heteroatoms. The molecule has 2 rings (SSSR count). The molecule has 2 N–H and O–H groups in total. The summed E-state index contributed by atoms with van der Waals surface area (Å²) in [5, 5.41) is 17.7. The summed E-state index contributed by atoms with van der Waals surface area (Å²) < 4.78 is 0. The second-order valence-corrected chi connectivity index (χ2v) is 5.30. The van der Waals surface area contributed by atoms with Gasteiger partial charge in [-0.25, -0.2) is 0 Å². The highest BCUT2D eigenvalue weighted by atomic mass is 16.6. The van der Waals surface area contributed by atoms with Gasteiger partial charge in [-0.3, -0.25) is 10.1 Å². The largest absolute Gasteiger partial charge is 0.384 e. The van der Waals surface area contributed by atoms with Gasteiger partial charge < -0.3 is 10.6 Å². The molecule has 1 aromatic rings. The zero-order chi connectivity index (χ0) is 13.8. The predicted octanol–water partition coefficient (Wildman–Crippen LogP) is 2.62. The molecule has 1 unspecified atom stereocenters. The molecule has 5 nitrogen and oxygen atoms in total. The first kappa shape index (κ1) is 13.8. The Hall–Kier alpha value is -1.62. The fraction of sp³-hybridized carbons (Fsp3) is 0.571. The SMILES string of the molecule is Cc1cc(C)c([N+](=O)[O-])cc1NCC1CCCNC1. The van der Waals surface area contributed by atoms with Crippen LogP contribution < -0.4 is 10.6 Å². The van der Waals surface area contributed by atoms with E-state index >= 15 is 0 Å². The highest BCUT2D eigenvalue weighted by molar-refractivity contribution is 5.60. The van der Waals surface area contributed by atoms with Crippen molar-refractivity contribution in [3.63, 3.8) is 0 Å². The average molecular weight is 263 g/mol. The minimum Gasteiger partial charge on any atom is -0.384 e. The first-order chi connectivity index (χ1) is 9.08. The van der Waals surface area contributed by atoms with Crippen LogP contribution in [0.15, 0.2) is 12.1 Å². The van der Waals surface area contributed by atoms with E-state index in [1.54, 1.807) is 13.0 Å². The standard InChI is InChI=1S/C14H21N3O2/c1-10-6-11(2)14(17(18)19)7-13(10)16-9-12-4-3-5-15-8-12/h6-7,12,15-16H,3-5,8-9H2,1-2H3. The second-order valence-electron chi connectivity index (χ2n) is 5.30. The van der Waals surface area contributed by atoms with Crippen molar-refractivity contribution < 1.29 is 4.92 Å². The van der Waals surface area contributed by atoms with Gasteiger partial charge in [-0.2, -0.15) is 0 Å². The Morgan fingerprint density at radius 3 is 2.84 bits per heavy atom. The summed E-state index contributed by atoms with van der Waals surface area (Å²) in [6, 6.07) is 3.53.